The van der Waals surface area contributed by atoms with Crippen molar-refractivity contribution in [3.8, 4) is 0 Å². The number of fused-ring (bicyclic) bond motifs is 1. The van der Waals surface area contributed by atoms with Crippen LogP contribution < -0.4 is 15.6 Å². The van der Waals surface area contributed by atoms with Gasteiger partial charge in [-0.15, -0.1) is 0 Å². The van der Waals surface area contributed by atoms with Crippen LogP contribution in [-0.4, -0.2) is 34.1 Å². The van der Waals surface area contributed by atoms with Gasteiger partial charge in [0, 0.05) is 23.8 Å². The van der Waals surface area contributed by atoms with Gasteiger partial charge in [-0.1, -0.05) is 0 Å². The van der Waals surface area contributed by atoms with Gasteiger partial charge in [0.15, 0.2) is 0 Å². The second kappa shape index (κ2) is 5.56. The second-order valence-electron chi connectivity index (χ2n) is 4.32. The molecule has 5 N–H and O–H groups in total. The first-order chi connectivity index (χ1) is 9.71. The van der Waals surface area contributed by atoms with E-state index in [2.05, 4.69) is 9.71 Å². The SMILES string of the molecule is Nc1ccc(S(=O)(=O)NCCS(N)(=O)=O)c2ncccc12. The van der Waals surface area contributed by atoms with E-state index in [4.69, 9.17) is 10.9 Å². The molecule has 0 atom stereocenters. The summed E-state index contributed by atoms with van der Waals surface area (Å²) in [6, 6.07) is 6.08. The Morgan fingerprint density at radius 3 is 2.52 bits per heavy atom. The zero-order chi connectivity index (χ0) is 15.7. The Hall–Kier alpha value is -1.75. The quantitative estimate of drug-likeness (QED) is 0.623. The summed E-state index contributed by atoms with van der Waals surface area (Å²) in [5, 5.41) is 5.33. The number of benzene rings is 1. The molecule has 0 spiro atoms. The van der Waals surface area contributed by atoms with Gasteiger partial charge >= 0.3 is 0 Å². The molecule has 0 radical (unpaired) electrons. The number of aromatic nitrogens is 1. The van der Waals surface area contributed by atoms with Gasteiger partial charge < -0.3 is 5.73 Å². The van der Waals surface area contributed by atoms with Crippen LogP contribution in [-0.2, 0) is 20.0 Å². The molecule has 0 bridgehead atoms. The predicted molar refractivity (Wildman–Crippen MR) is 79.3 cm³/mol. The molecule has 10 heteroatoms. The lowest BCUT2D eigenvalue weighted by molar-refractivity contribution is 0.582. The van der Waals surface area contributed by atoms with E-state index < -0.39 is 25.8 Å². The highest BCUT2D eigenvalue weighted by molar-refractivity contribution is 7.90. The van der Waals surface area contributed by atoms with Gasteiger partial charge in [0.1, 0.15) is 4.90 Å². The maximum atomic E-state index is 12.2. The highest BCUT2D eigenvalue weighted by atomic mass is 32.2. The summed E-state index contributed by atoms with van der Waals surface area (Å²) >= 11 is 0. The van der Waals surface area contributed by atoms with E-state index in [0.717, 1.165) is 0 Å². The fraction of sp³-hybridized carbons (Fsp3) is 0.182. The number of rotatable bonds is 5. The van der Waals surface area contributed by atoms with Crippen LogP contribution in [0.3, 0.4) is 0 Å². The molecule has 1 heterocycles. The Labute approximate surface area is 122 Å². The van der Waals surface area contributed by atoms with Crippen molar-refractivity contribution in [2.24, 2.45) is 5.14 Å². The topological polar surface area (TPSA) is 145 Å². The fourth-order valence-electron chi connectivity index (χ4n) is 1.78. The number of pyridine rings is 1. The lowest BCUT2D eigenvalue weighted by atomic mass is 10.2. The number of nitrogen functional groups attached to an aromatic ring is 1. The van der Waals surface area contributed by atoms with Crippen LogP contribution in [0.15, 0.2) is 35.4 Å². The zero-order valence-corrected chi connectivity index (χ0v) is 12.5. The first kappa shape index (κ1) is 15.6. The standard InChI is InChI=1S/C11H14N4O4S2/c12-9-3-4-10(11-8(9)2-1-5-14-11)21(18,19)15-6-7-20(13,16)17/h1-5,15H,6-7,12H2,(H2,13,16,17). The zero-order valence-electron chi connectivity index (χ0n) is 10.9. The number of primary sulfonamides is 1. The van der Waals surface area contributed by atoms with Gasteiger partial charge in [0.05, 0.1) is 11.3 Å². The fourth-order valence-corrected chi connectivity index (χ4v) is 3.49. The highest BCUT2D eigenvalue weighted by Gasteiger charge is 2.19. The Morgan fingerprint density at radius 1 is 1.14 bits per heavy atom. The van der Waals surface area contributed by atoms with Crippen LogP contribution in [0.2, 0.25) is 0 Å². The Morgan fingerprint density at radius 2 is 1.86 bits per heavy atom. The number of sulfonamides is 2. The van der Waals surface area contributed by atoms with Gasteiger partial charge in [0.2, 0.25) is 20.0 Å². The molecule has 0 saturated carbocycles. The van der Waals surface area contributed by atoms with Crippen molar-refractivity contribution in [2.75, 3.05) is 18.0 Å². The summed E-state index contributed by atoms with van der Waals surface area (Å²) < 4.78 is 48.3. The molecule has 0 aliphatic carbocycles. The van der Waals surface area contributed by atoms with E-state index in [0.29, 0.717) is 11.1 Å². The molecule has 2 aromatic rings. The van der Waals surface area contributed by atoms with Crippen LogP contribution in [0.5, 0.6) is 0 Å². The van der Waals surface area contributed by atoms with Crippen molar-refractivity contribution >= 4 is 36.6 Å². The minimum absolute atomic E-state index is 0.0679. The minimum atomic E-state index is -3.91. The van der Waals surface area contributed by atoms with Crippen LogP contribution in [0, 0.1) is 0 Å². The van der Waals surface area contributed by atoms with Crippen LogP contribution in [0.4, 0.5) is 5.69 Å². The van der Waals surface area contributed by atoms with E-state index in [1.165, 1.54) is 18.3 Å². The van der Waals surface area contributed by atoms with E-state index >= 15 is 0 Å². The number of hydrogen-bond donors (Lipinski definition) is 3. The van der Waals surface area contributed by atoms with Crippen molar-refractivity contribution < 1.29 is 16.8 Å². The van der Waals surface area contributed by atoms with Crippen molar-refractivity contribution in [1.29, 1.82) is 0 Å². The van der Waals surface area contributed by atoms with Crippen LogP contribution >= 0.6 is 0 Å². The largest absolute Gasteiger partial charge is 0.398 e. The number of nitrogens with one attached hydrogen (secondary N) is 1. The minimum Gasteiger partial charge on any atom is -0.398 e. The summed E-state index contributed by atoms with van der Waals surface area (Å²) in [5.41, 5.74) is 6.40. The lowest BCUT2D eigenvalue weighted by Gasteiger charge is -2.09. The molecule has 0 fully saturated rings. The smallest absolute Gasteiger partial charge is 0.242 e. The Bertz CT molecular complexity index is 878. The second-order valence-corrected chi connectivity index (χ2v) is 7.79. The number of anilines is 1. The van der Waals surface area contributed by atoms with Crippen LogP contribution in [0.25, 0.3) is 10.9 Å². The van der Waals surface area contributed by atoms with Crippen molar-refractivity contribution in [3.63, 3.8) is 0 Å². The molecule has 0 saturated heterocycles. The van der Waals surface area contributed by atoms with Gasteiger partial charge in [-0.25, -0.2) is 26.7 Å². The molecule has 0 unspecified atom stereocenters. The molecule has 8 nitrogen and oxygen atoms in total. The Balaban J connectivity index is 2.39. The number of nitrogens with two attached hydrogens (primary N) is 2. The first-order valence-corrected chi connectivity index (χ1v) is 9.04. The summed E-state index contributed by atoms with van der Waals surface area (Å²) in [6.07, 6.45) is 1.45. The van der Waals surface area contributed by atoms with Gasteiger partial charge in [-0.2, -0.15) is 0 Å². The van der Waals surface area contributed by atoms with Gasteiger partial charge in [-0.05, 0) is 24.3 Å². The summed E-state index contributed by atoms with van der Waals surface area (Å²) in [6.45, 7) is -0.320. The maximum Gasteiger partial charge on any atom is 0.242 e. The molecule has 0 aliphatic heterocycles. The predicted octanol–water partition coefficient (Wildman–Crippen LogP) is -0.616. The lowest BCUT2D eigenvalue weighted by Crippen LogP contribution is -2.31. The summed E-state index contributed by atoms with van der Waals surface area (Å²) in [4.78, 5) is 3.96. The maximum absolute atomic E-state index is 12.2. The molecular weight excluding hydrogens is 316 g/mol. The van der Waals surface area contributed by atoms with E-state index in [9.17, 15) is 16.8 Å². The number of nitrogens with zero attached hydrogens (tertiary/aromatic N) is 1. The van der Waals surface area contributed by atoms with Crippen molar-refractivity contribution in [1.82, 2.24) is 9.71 Å². The molecule has 1 aromatic heterocycles. The molecule has 2 rings (SSSR count). The van der Waals surface area contributed by atoms with Crippen LogP contribution in [0.1, 0.15) is 0 Å². The normalized spacial score (nSPS) is 12.6. The third-order valence-electron chi connectivity index (χ3n) is 2.73. The summed E-state index contributed by atoms with van der Waals surface area (Å²) in [7, 11) is -7.65. The molecule has 0 aliphatic rings. The van der Waals surface area contributed by atoms with E-state index in [1.807, 2.05) is 0 Å². The monoisotopic (exact) mass is 330 g/mol. The third kappa shape index (κ3) is 3.67. The summed E-state index contributed by atoms with van der Waals surface area (Å²) in [5.74, 6) is -0.493. The highest BCUT2D eigenvalue weighted by Crippen LogP contribution is 2.25. The van der Waals surface area contributed by atoms with Crippen molar-refractivity contribution in [3.05, 3.63) is 30.5 Å². The third-order valence-corrected chi connectivity index (χ3v) is 5.00. The molecule has 21 heavy (non-hydrogen) atoms. The molecule has 0 amide bonds. The molecular formula is C11H14N4O4S2. The average molecular weight is 330 g/mol. The number of hydrogen-bond acceptors (Lipinski definition) is 6. The van der Waals surface area contributed by atoms with Gasteiger partial charge in [-0.3, -0.25) is 4.98 Å². The van der Waals surface area contributed by atoms with Crippen molar-refractivity contribution in [2.45, 2.75) is 4.90 Å². The molecule has 114 valence electrons. The molecule has 1 aromatic carbocycles. The van der Waals surface area contributed by atoms with E-state index in [1.54, 1.807) is 12.1 Å². The average Bonchev–Trinajstić information content (AvgIpc) is 2.37. The first-order valence-electron chi connectivity index (χ1n) is 5.84. The van der Waals surface area contributed by atoms with E-state index in [-0.39, 0.29) is 17.0 Å². The van der Waals surface area contributed by atoms with Gasteiger partial charge in [0.25, 0.3) is 0 Å². The Kier molecular flexibility index (Phi) is 4.14.